The van der Waals surface area contributed by atoms with Crippen LogP contribution in [0.2, 0.25) is 0 Å². The van der Waals surface area contributed by atoms with Gasteiger partial charge in [0.25, 0.3) is 0 Å². The number of hydrogen-bond acceptors (Lipinski definition) is 1. The van der Waals surface area contributed by atoms with Crippen LogP contribution in [0.5, 0.6) is 5.75 Å². The molecule has 0 aromatic heterocycles. The lowest BCUT2D eigenvalue weighted by molar-refractivity contribution is 0.300. The largest absolute Gasteiger partial charge is 0.497 e. The summed E-state index contributed by atoms with van der Waals surface area (Å²) in [6, 6.07) is 8.50. The van der Waals surface area contributed by atoms with Crippen molar-refractivity contribution in [1.82, 2.24) is 0 Å². The molecular formula is C16H26O. The van der Waals surface area contributed by atoms with Crippen molar-refractivity contribution in [1.29, 1.82) is 0 Å². The molecule has 1 atom stereocenters. The average Bonchev–Trinajstić information content (AvgIpc) is 2.24. The topological polar surface area (TPSA) is 9.23 Å². The molecule has 0 amide bonds. The lowest BCUT2D eigenvalue weighted by Gasteiger charge is -2.29. The molecule has 1 aromatic carbocycles. The van der Waals surface area contributed by atoms with Gasteiger partial charge in [0.15, 0.2) is 0 Å². The van der Waals surface area contributed by atoms with Gasteiger partial charge in [-0.15, -0.1) is 0 Å². The molecule has 0 aliphatic rings. The van der Waals surface area contributed by atoms with E-state index < -0.39 is 0 Å². The Morgan fingerprint density at radius 2 is 1.82 bits per heavy atom. The summed E-state index contributed by atoms with van der Waals surface area (Å²) < 4.78 is 5.31. The summed E-state index contributed by atoms with van der Waals surface area (Å²) in [5.74, 6) is 2.22. The van der Waals surface area contributed by atoms with Gasteiger partial charge in [-0.3, -0.25) is 0 Å². The van der Waals surface area contributed by atoms with Crippen LogP contribution in [0, 0.1) is 11.3 Å². The van der Waals surface area contributed by atoms with E-state index in [2.05, 4.69) is 52.8 Å². The van der Waals surface area contributed by atoms with Crippen molar-refractivity contribution in [2.75, 3.05) is 7.11 Å². The molecule has 1 heteroatoms. The van der Waals surface area contributed by atoms with E-state index in [0.29, 0.717) is 17.3 Å². The molecule has 0 heterocycles. The first kappa shape index (κ1) is 14.1. The molecule has 1 aromatic rings. The van der Waals surface area contributed by atoms with Crippen molar-refractivity contribution in [3.8, 4) is 5.75 Å². The van der Waals surface area contributed by atoms with Crippen LogP contribution >= 0.6 is 0 Å². The summed E-state index contributed by atoms with van der Waals surface area (Å²) in [4.78, 5) is 0. The smallest absolute Gasteiger partial charge is 0.119 e. The van der Waals surface area contributed by atoms with Gasteiger partial charge in [0, 0.05) is 0 Å². The second kappa shape index (κ2) is 5.57. The summed E-state index contributed by atoms with van der Waals surface area (Å²) in [7, 11) is 1.73. The van der Waals surface area contributed by atoms with E-state index in [-0.39, 0.29) is 0 Å². The number of hydrogen-bond donors (Lipinski definition) is 0. The minimum absolute atomic E-state index is 0.359. The zero-order valence-electron chi connectivity index (χ0n) is 12.1. The third kappa shape index (κ3) is 4.41. The van der Waals surface area contributed by atoms with Crippen LogP contribution in [-0.4, -0.2) is 7.11 Å². The fourth-order valence-electron chi connectivity index (χ4n) is 2.27. The Hall–Kier alpha value is -0.980. The van der Waals surface area contributed by atoms with Gasteiger partial charge in [-0.05, 0) is 41.4 Å². The Bertz CT molecular complexity index is 347. The third-order valence-corrected chi connectivity index (χ3v) is 3.16. The van der Waals surface area contributed by atoms with Crippen molar-refractivity contribution in [2.24, 2.45) is 11.3 Å². The first-order chi connectivity index (χ1) is 7.83. The van der Waals surface area contributed by atoms with Crippen molar-refractivity contribution < 1.29 is 4.74 Å². The molecule has 0 N–H and O–H groups in total. The predicted molar refractivity (Wildman–Crippen MR) is 74.6 cm³/mol. The van der Waals surface area contributed by atoms with Crippen LogP contribution in [-0.2, 0) is 0 Å². The van der Waals surface area contributed by atoms with Crippen LogP contribution in [0.4, 0.5) is 0 Å². The molecule has 0 bridgehead atoms. The number of methoxy groups -OCH3 is 1. The van der Waals surface area contributed by atoms with Crippen molar-refractivity contribution in [3.63, 3.8) is 0 Å². The molecule has 0 saturated heterocycles. The Labute approximate surface area is 106 Å². The zero-order chi connectivity index (χ0) is 13.1. The zero-order valence-corrected chi connectivity index (χ0v) is 12.1. The van der Waals surface area contributed by atoms with Gasteiger partial charge in [-0.2, -0.15) is 0 Å². The highest BCUT2D eigenvalue weighted by Crippen LogP contribution is 2.37. The average molecular weight is 234 g/mol. The van der Waals surface area contributed by atoms with E-state index >= 15 is 0 Å². The molecule has 17 heavy (non-hydrogen) atoms. The van der Waals surface area contributed by atoms with Crippen LogP contribution in [0.3, 0.4) is 0 Å². The fraction of sp³-hybridized carbons (Fsp3) is 0.625. The van der Waals surface area contributed by atoms with E-state index in [1.807, 2.05) is 6.07 Å². The normalized spacial score (nSPS) is 13.8. The Kier molecular flexibility index (Phi) is 4.62. The first-order valence-corrected chi connectivity index (χ1v) is 6.47. The van der Waals surface area contributed by atoms with Gasteiger partial charge in [-0.25, -0.2) is 0 Å². The molecule has 1 rings (SSSR count). The summed E-state index contributed by atoms with van der Waals surface area (Å²) >= 11 is 0. The Morgan fingerprint density at radius 1 is 1.18 bits per heavy atom. The van der Waals surface area contributed by atoms with E-state index in [1.165, 1.54) is 12.0 Å². The number of rotatable bonds is 4. The SMILES string of the molecule is COc1cccc(C(CC(C)(C)C)C(C)C)c1. The molecule has 1 unspecified atom stereocenters. The van der Waals surface area contributed by atoms with Gasteiger partial charge in [-0.1, -0.05) is 46.8 Å². The van der Waals surface area contributed by atoms with E-state index in [0.717, 1.165) is 5.75 Å². The van der Waals surface area contributed by atoms with Gasteiger partial charge < -0.3 is 4.74 Å². The fourth-order valence-corrected chi connectivity index (χ4v) is 2.27. The van der Waals surface area contributed by atoms with Crippen LogP contribution in [0.25, 0.3) is 0 Å². The number of ether oxygens (including phenoxy) is 1. The molecular weight excluding hydrogens is 208 g/mol. The standard InChI is InChI=1S/C16H26O/c1-12(2)15(11-16(3,4)5)13-8-7-9-14(10-13)17-6/h7-10,12,15H,11H2,1-6H3. The van der Waals surface area contributed by atoms with Crippen LogP contribution in [0.1, 0.15) is 52.5 Å². The first-order valence-electron chi connectivity index (χ1n) is 6.47. The lowest BCUT2D eigenvalue weighted by atomic mass is 9.76. The summed E-state index contributed by atoms with van der Waals surface area (Å²) in [5, 5.41) is 0. The van der Waals surface area contributed by atoms with E-state index in [4.69, 9.17) is 4.74 Å². The summed E-state index contributed by atoms with van der Waals surface area (Å²) in [5.41, 5.74) is 1.76. The summed E-state index contributed by atoms with van der Waals surface area (Å²) in [6.45, 7) is 11.5. The maximum absolute atomic E-state index is 5.31. The van der Waals surface area contributed by atoms with Gasteiger partial charge in [0.2, 0.25) is 0 Å². The molecule has 0 radical (unpaired) electrons. The summed E-state index contributed by atoms with van der Waals surface area (Å²) in [6.07, 6.45) is 1.21. The minimum Gasteiger partial charge on any atom is -0.497 e. The van der Waals surface area contributed by atoms with Crippen LogP contribution < -0.4 is 4.74 Å². The lowest BCUT2D eigenvalue weighted by Crippen LogP contribution is -2.16. The van der Waals surface area contributed by atoms with Gasteiger partial charge in [0.05, 0.1) is 7.11 Å². The molecule has 1 nitrogen and oxygen atoms in total. The van der Waals surface area contributed by atoms with Gasteiger partial charge >= 0.3 is 0 Å². The van der Waals surface area contributed by atoms with Crippen molar-refractivity contribution in [2.45, 2.75) is 47.0 Å². The predicted octanol–water partition coefficient (Wildman–Crippen LogP) is 4.87. The quantitative estimate of drug-likeness (QED) is 0.722. The molecule has 0 fully saturated rings. The highest BCUT2D eigenvalue weighted by molar-refractivity contribution is 5.31. The van der Waals surface area contributed by atoms with E-state index in [9.17, 15) is 0 Å². The third-order valence-electron chi connectivity index (χ3n) is 3.16. The van der Waals surface area contributed by atoms with Crippen LogP contribution in [0.15, 0.2) is 24.3 Å². The minimum atomic E-state index is 0.359. The van der Waals surface area contributed by atoms with Gasteiger partial charge in [0.1, 0.15) is 5.75 Å². The number of benzene rings is 1. The van der Waals surface area contributed by atoms with Crippen molar-refractivity contribution in [3.05, 3.63) is 29.8 Å². The maximum atomic E-state index is 5.31. The Morgan fingerprint density at radius 3 is 2.29 bits per heavy atom. The molecule has 0 aliphatic carbocycles. The van der Waals surface area contributed by atoms with E-state index in [1.54, 1.807) is 7.11 Å². The maximum Gasteiger partial charge on any atom is 0.119 e. The molecule has 0 spiro atoms. The second-order valence-corrected chi connectivity index (χ2v) is 6.39. The highest BCUT2D eigenvalue weighted by Gasteiger charge is 2.23. The Balaban J connectivity index is 2.97. The van der Waals surface area contributed by atoms with Crippen molar-refractivity contribution >= 4 is 0 Å². The molecule has 0 saturated carbocycles. The second-order valence-electron chi connectivity index (χ2n) is 6.39. The monoisotopic (exact) mass is 234 g/mol. The highest BCUT2D eigenvalue weighted by atomic mass is 16.5. The molecule has 0 aliphatic heterocycles. The molecule has 96 valence electrons.